The molecule has 11 nitrogen and oxygen atoms in total. The van der Waals surface area contributed by atoms with Crippen molar-refractivity contribution in [3.8, 4) is 17.2 Å². The average Bonchev–Trinajstić information content (AvgIpc) is 3.15. The Labute approximate surface area is 310 Å². The van der Waals surface area contributed by atoms with Crippen molar-refractivity contribution in [3.05, 3.63) is 131 Å². The second-order valence-corrected chi connectivity index (χ2v) is 13.2. The van der Waals surface area contributed by atoms with E-state index in [1.165, 1.54) is 26.4 Å². The van der Waals surface area contributed by atoms with Gasteiger partial charge in [-0.25, -0.2) is 4.79 Å². The second-order valence-electron chi connectivity index (χ2n) is 13.2. The normalized spacial score (nSPS) is 17.5. The van der Waals surface area contributed by atoms with Crippen molar-refractivity contribution in [1.82, 2.24) is 0 Å². The molecule has 0 spiro atoms. The zero-order chi connectivity index (χ0) is 37.8. The molecule has 53 heavy (non-hydrogen) atoms. The molecule has 0 fully saturated rings. The van der Waals surface area contributed by atoms with Crippen LogP contribution in [0.5, 0.6) is 17.2 Å². The number of methoxy groups -OCH3 is 2. The van der Waals surface area contributed by atoms with Crippen LogP contribution in [0.4, 0.5) is 0 Å². The van der Waals surface area contributed by atoms with Crippen molar-refractivity contribution in [1.29, 1.82) is 0 Å². The van der Waals surface area contributed by atoms with Gasteiger partial charge in [0, 0.05) is 5.57 Å². The Kier molecular flexibility index (Phi) is 13.8. The van der Waals surface area contributed by atoms with Crippen molar-refractivity contribution >= 4 is 17.3 Å². The van der Waals surface area contributed by atoms with Crippen molar-refractivity contribution < 1.29 is 52.6 Å². The molecule has 0 aromatic heterocycles. The number of hydrogen-bond acceptors (Lipinski definition) is 11. The molecule has 5 rings (SSSR count). The zero-order valence-corrected chi connectivity index (χ0v) is 30.6. The van der Waals surface area contributed by atoms with Crippen molar-refractivity contribution in [2.75, 3.05) is 27.8 Å². The Morgan fingerprint density at radius 2 is 1.11 bits per heavy atom. The number of ketones is 1. The van der Waals surface area contributed by atoms with E-state index in [0.29, 0.717) is 0 Å². The lowest BCUT2D eigenvalue weighted by Gasteiger charge is -2.39. The maximum atomic E-state index is 14.7. The summed E-state index contributed by atoms with van der Waals surface area (Å²) in [7, 11) is 2.76. The van der Waals surface area contributed by atoms with Crippen LogP contribution < -0.4 is 9.47 Å². The minimum atomic E-state index is -1.37. The van der Waals surface area contributed by atoms with Crippen LogP contribution in [0.25, 0.3) is 5.57 Å². The zero-order valence-electron chi connectivity index (χ0n) is 30.6. The fraction of sp³-hybridized carbons (Fsp3) is 0.333. The van der Waals surface area contributed by atoms with E-state index in [2.05, 4.69) is 0 Å². The number of benzene rings is 4. The first-order valence-electron chi connectivity index (χ1n) is 17.2. The predicted molar refractivity (Wildman–Crippen MR) is 196 cm³/mol. The number of aromatic hydroxyl groups is 1. The average molecular weight is 727 g/mol. The minimum absolute atomic E-state index is 0.0383. The monoisotopic (exact) mass is 726 g/mol. The Morgan fingerprint density at radius 3 is 1.57 bits per heavy atom. The van der Waals surface area contributed by atoms with Gasteiger partial charge >= 0.3 is 5.97 Å². The molecule has 280 valence electrons. The summed E-state index contributed by atoms with van der Waals surface area (Å²) >= 11 is 0. The quantitative estimate of drug-likeness (QED) is 0.0535. The third-order valence-corrected chi connectivity index (χ3v) is 8.22. The van der Waals surface area contributed by atoms with E-state index in [4.69, 9.17) is 37.9 Å². The van der Waals surface area contributed by atoms with Gasteiger partial charge in [0.25, 0.3) is 0 Å². The molecule has 1 N–H and O–H groups in total. The molecule has 11 heteroatoms. The van der Waals surface area contributed by atoms with E-state index in [9.17, 15) is 14.7 Å². The summed E-state index contributed by atoms with van der Waals surface area (Å²) in [6.07, 6.45) is -3.66. The van der Waals surface area contributed by atoms with Gasteiger partial charge in [-0.05, 0) is 55.2 Å². The molecule has 4 aromatic rings. The molecule has 0 amide bonds. The van der Waals surface area contributed by atoms with Crippen LogP contribution in [-0.4, -0.2) is 68.6 Å². The highest BCUT2D eigenvalue weighted by atomic mass is 16.7. The molecule has 0 heterocycles. The summed E-state index contributed by atoms with van der Waals surface area (Å²) in [6, 6.07) is 31.5. The number of rotatable bonds is 17. The number of phenolic OH excluding ortho intramolecular Hbond substituents is 1. The Balaban J connectivity index is 1.61. The van der Waals surface area contributed by atoms with Gasteiger partial charge in [-0.15, -0.1) is 0 Å². The van der Waals surface area contributed by atoms with Crippen LogP contribution in [0, 0.1) is 0 Å². The number of ether oxygens (including phenoxy) is 8. The first kappa shape index (κ1) is 39.2. The minimum Gasteiger partial charge on any atom is -0.502 e. The van der Waals surface area contributed by atoms with Gasteiger partial charge in [0.15, 0.2) is 17.6 Å². The fourth-order valence-corrected chi connectivity index (χ4v) is 5.79. The molecule has 4 aromatic carbocycles. The maximum Gasteiger partial charge on any atom is 0.342 e. The topological polar surface area (TPSA) is 128 Å². The van der Waals surface area contributed by atoms with Gasteiger partial charge < -0.3 is 43.0 Å². The summed E-state index contributed by atoms with van der Waals surface area (Å²) in [5.41, 5.74) is 1.77. The highest BCUT2D eigenvalue weighted by Crippen LogP contribution is 2.44. The highest BCUT2D eigenvalue weighted by molar-refractivity contribution is 6.26. The number of carbonyl (C=O) groups is 2. The lowest BCUT2D eigenvalue weighted by molar-refractivity contribution is -0.191. The molecule has 1 aliphatic rings. The van der Waals surface area contributed by atoms with Crippen molar-refractivity contribution in [2.45, 2.75) is 64.5 Å². The summed E-state index contributed by atoms with van der Waals surface area (Å²) in [5, 5.41) is 10.8. The molecule has 0 radical (unpaired) electrons. The van der Waals surface area contributed by atoms with Gasteiger partial charge in [0.2, 0.25) is 11.5 Å². The van der Waals surface area contributed by atoms with Crippen molar-refractivity contribution in [3.63, 3.8) is 0 Å². The van der Waals surface area contributed by atoms with Gasteiger partial charge in [0.1, 0.15) is 37.0 Å². The SMILES string of the molecule is COc1cc(C2=C(C(=O)OC(C)(C)C)C(=O)[C@H](OCOCc3ccccc3)[C@@H](OCc3ccccc3)[C@@H]2OCOCc2ccccc2)cc(OC)c1O. The lowest BCUT2D eigenvalue weighted by atomic mass is 9.80. The molecular formula is C42H46O11. The largest absolute Gasteiger partial charge is 0.502 e. The lowest BCUT2D eigenvalue weighted by Crippen LogP contribution is -2.53. The Hall–Kier alpha value is -5.04. The molecule has 0 saturated heterocycles. The van der Waals surface area contributed by atoms with E-state index in [1.54, 1.807) is 20.8 Å². The summed E-state index contributed by atoms with van der Waals surface area (Å²) < 4.78 is 47.7. The molecule has 1 aliphatic carbocycles. The fourth-order valence-electron chi connectivity index (χ4n) is 5.79. The van der Waals surface area contributed by atoms with Crippen LogP contribution in [-0.2, 0) is 57.8 Å². The first-order valence-corrected chi connectivity index (χ1v) is 17.2. The van der Waals surface area contributed by atoms with Gasteiger partial charge in [-0.1, -0.05) is 91.0 Å². The van der Waals surface area contributed by atoms with Crippen LogP contribution >= 0.6 is 0 Å². The molecule has 0 unspecified atom stereocenters. The summed E-state index contributed by atoms with van der Waals surface area (Å²) in [4.78, 5) is 28.9. The number of hydrogen-bond donors (Lipinski definition) is 1. The van der Waals surface area contributed by atoms with Crippen LogP contribution in [0.3, 0.4) is 0 Å². The van der Waals surface area contributed by atoms with Gasteiger partial charge in [-0.3, -0.25) is 4.79 Å². The molecule has 0 aliphatic heterocycles. The number of carbonyl (C=O) groups excluding carboxylic acids is 2. The van der Waals surface area contributed by atoms with E-state index in [1.807, 2.05) is 91.0 Å². The predicted octanol–water partition coefficient (Wildman–Crippen LogP) is 6.79. The van der Waals surface area contributed by atoms with E-state index in [0.717, 1.165) is 16.7 Å². The third kappa shape index (κ3) is 10.5. The van der Waals surface area contributed by atoms with Crippen LogP contribution in [0.1, 0.15) is 43.0 Å². The van der Waals surface area contributed by atoms with E-state index in [-0.39, 0.29) is 67.4 Å². The number of esters is 1. The Bertz CT molecular complexity index is 1790. The van der Waals surface area contributed by atoms with Crippen LogP contribution in [0.15, 0.2) is 109 Å². The number of Topliss-reactive ketones (excluding diaryl/α,β-unsaturated/α-hetero) is 1. The highest BCUT2D eigenvalue weighted by Gasteiger charge is 2.50. The van der Waals surface area contributed by atoms with E-state index >= 15 is 0 Å². The first-order chi connectivity index (χ1) is 25.6. The summed E-state index contributed by atoms with van der Waals surface area (Å²) in [5.74, 6) is -1.79. The Morgan fingerprint density at radius 1 is 0.660 bits per heavy atom. The maximum absolute atomic E-state index is 14.7. The van der Waals surface area contributed by atoms with Crippen LogP contribution in [0.2, 0.25) is 0 Å². The van der Waals surface area contributed by atoms with Crippen molar-refractivity contribution in [2.24, 2.45) is 0 Å². The van der Waals surface area contributed by atoms with Gasteiger partial charge in [-0.2, -0.15) is 0 Å². The van der Waals surface area contributed by atoms with Gasteiger partial charge in [0.05, 0.1) is 34.0 Å². The van der Waals surface area contributed by atoms with E-state index < -0.39 is 35.7 Å². The molecule has 0 saturated carbocycles. The molecule has 0 bridgehead atoms. The molecular weight excluding hydrogens is 680 g/mol. The standard InChI is InChI=1S/C42H46O11/c1-42(2,3)53-41(45)35-34(31-21-32(46-4)36(43)33(22-31)47-5)38(51-26-48-23-28-15-9-6-10-16-28)40(50-25-30-19-13-8-14-20-30)39(37(35)44)52-27-49-24-29-17-11-7-12-18-29/h6-22,38-40,43H,23-27H2,1-5H3/t38-,39+,40+/m1/s1. The smallest absolute Gasteiger partial charge is 0.342 e. The molecule has 3 atom stereocenters. The third-order valence-electron chi connectivity index (χ3n) is 8.22. The summed E-state index contributed by atoms with van der Waals surface area (Å²) in [6.45, 7) is 5.07. The second kappa shape index (κ2) is 18.6. The number of phenols is 1.